The van der Waals surface area contributed by atoms with Crippen LogP contribution in [0.3, 0.4) is 0 Å². The van der Waals surface area contributed by atoms with Gasteiger partial charge in [-0.15, -0.1) is 0 Å². The molecular formula is C12H12ClN. The zero-order chi connectivity index (χ0) is 10.1. The van der Waals surface area contributed by atoms with E-state index in [1.165, 1.54) is 11.1 Å². The highest BCUT2D eigenvalue weighted by molar-refractivity contribution is 6.31. The van der Waals surface area contributed by atoms with Crippen LogP contribution in [0.1, 0.15) is 16.7 Å². The van der Waals surface area contributed by atoms with Crippen molar-refractivity contribution in [1.82, 2.24) is 0 Å². The van der Waals surface area contributed by atoms with Crippen molar-refractivity contribution in [3.63, 3.8) is 0 Å². The first-order chi connectivity index (χ1) is 6.66. The number of halogens is 1. The van der Waals surface area contributed by atoms with Gasteiger partial charge in [-0.2, -0.15) is 0 Å². The monoisotopic (exact) mass is 205 g/mol. The molecular weight excluding hydrogens is 194 g/mol. The van der Waals surface area contributed by atoms with Crippen molar-refractivity contribution in [3.05, 3.63) is 51.7 Å². The minimum Gasteiger partial charge on any atom is -0.402 e. The average molecular weight is 206 g/mol. The number of allylic oxidation sites excluding steroid dienone is 3. The Labute approximate surface area is 88.9 Å². The van der Waals surface area contributed by atoms with E-state index in [1.807, 2.05) is 25.1 Å². The van der Waals surface area contributed by atoms with Crippen LogP contribution in [0, 0.1) is 6.92 Å². The first-order valence-corrected chi connectivity index (χ1v) is 4.96. The summed E-state index contributed by atoms with van der Waals surface area (Å²) in [7, 11) is 0. The van der Waals surface area contributed by atoms with Crippen molar-refractivity contribution < 1.29 is 0 Å². The van der Waals surface area contributed by atoms with Gasteiger partial charge in [-0.3, -0.25) is 0 Å². The van der Waals surface area contributed by atoms with Crippen LogP contribution in [0.15, 0.2) is 30.0 Å². The molecule has 1 aromatic rings. The molecule has 0 amide bonds. The number of benzene rings is 1. The maximum absolute atomic E-state index is 6.06. The molecule has 0 aromatic heterocycles. The lowest BCUT2D eigenvalue weighted by molar-refractivity contribution is 1.11. The SMILES string of the molecule is Cc1cc2c(cc1Cl)CC(N)=CC=C2. The fraction of sp³-hybridized carbons (Fsp3) is 0.167. The summed E-state index contributed by atoms with van der Waals surface area (Å²) < 4.78 is 0. The van der Waals surface area contributed by atoms with E-state index in [9.17, 15) is 0 Å². The van der Waals surface area contributed by atoms with Gasteiger partial charge in [0.15, 0.2) is 0 Å². The van der Waals surface area contributed by atoms with Crippen molar-refractivity contribution in [1.29, 1.82) is 0 Å². The zero-order valence-electron chi connectivity index (χ0n) is 8.05. The maximum atomic E-state index is 6.06. The summed E-state index contributed by atoms with van der Waals surface area (Å²) in [5.41, 5.74) is 10.2. The van der Waals surface area contributed by atoms with Crippen LogP contribution >= 0.6 is 11.6 Å². The Balaban J connectivity index is 2.55. The first kappa shape index (κ1) is 9.35. The van der Waals surface area contributed by atoms with Crippen molar-refractivity contribution in [3.8, 4) is 0 Å². The van der Waals surface area contributed by atoms with E-state index in [1.54, 1.807) is 0 Å². The van der Waals surface area contributed by atoms with Gasteiger partial charge in [0, 0.05) is 17.1 Å². The molecule has 2 heteroatoms. The predicted octanol–water partition coefficient (Wildman–Crippen LogP) is 3.06. The van der Waals surface area contributed by atoms with E-state index in [-0.39, 0.29) is 0 Å². The normalized spacial score (nSPS) is 14.6. The van der Waals surface area contributed by atoms with Crippen molar-refractivity contribution in [2.75, 3.05) is 0 Å². The van der Waals surface area contributed by atoms with Crippen LogP contribution in [0.25, 0.3) is 6.08 Å². The summed E-state index contributed by atoms with van der Waals surface area (Å²) in [5, 5.41) is 0.812. The molecule has 0 radical (unpaired) electrons. The molecule has 2 N–H and O–H groups in total. The van der Waals surface area contributed by atoms with Gasteiger partial charge in [0.25, 0.3) is 0 Å². The Kier molecular flexibility index (Phi) is 2.34. The molecule has 0 spiro atoms. The molecule has 0 heterocycles. The lowest BCUT2D eigenvalue weighted by atomic mass is 10.0. The largest absolute Gasteiger partial charge is 0.402 e. The van der Waals surface area contributed by atoms with Crippen LogP contribution in [0.5, 0.6) is 0 Å². The number of hydrogen-bond donors (Lipinski definition) is 1. The maximum Gasteiger partial charge on any atom is 0.0438 e. The minimum atomic E-state index is 0.780. The van der Waals surface area contributed by atoms with Gasteiger partial charge in [-0.1, -0.05) is 29.8 Å². The molecule has 0 saturated carbocycles. The minimum absolute atomic E-state index is 0.780. The summed E-state index contributed by atoms with van der Waals surface area (Å²) >= 11 is 6.06. The smallest absolute Gasteiger partial charge is 0.0438 e. The van der Waals surface area contributed by atoms with Crippen LogP contribution in [-0.2, 0) is 6.42 Å². The Morgan fingerprint density at radius 2 is 2.14 bits per heavy atom. The Morgan fingerprint density at radius 1 is 1.36 bits per heavy atom. The van der Waals surface area contributed by atoms with E-state index in [4.69, 9.17) is 17.3 Å². The summed E-state index contributed by atoms with van der Waals surface area (Å²) in [5.74, 6) is 0. The molecule has 0 saturated heterocycles. The molecule has 2 rings (SSSR count). The third kappa shape index (κ3) is 1.68. The number of aryl methyl sites for hydroxylation is 1. The first-order valence-electron chi connectivity index (χ1n) is 4.58. The molecule has 0 bridgehead atoms. The second-order valence-electron chi connectivity index (χ2n) is 3.58. The highest BCUT2D eigenvalue weighted by Crippen LogP contribution is 2.24. The van der Waals surface area contributed by atoms with Crippen molar-refractivity contribution in [2.45, 2.75) is 13.3 Å². The average Bonchev–Trinajstić information content (AvgIpc) is 2.28. The molecule has 0 unspecified atom stereocenters. The third-order valence-corrected chi connectivity index (χ3v) is 2.81. The Bertz CT molecular complexity index is 430. The molecule has 1 aromatic carbocycles. The van der Waals surface area contributed by atoms with Crippen LogP contribution in [0.4, 0.5) is 0 Å². The fourth-order valence-electron chi connectivity index (χ4n) is 1.61. The van der Waals surface area contributed by atoms with Crippen molar-refractivity contribution in [2.24, 2.45) is 5.73 Å². The lowest BCUT2D eigenvalue weighted by Gasteiger charge is -2.07. The van der Waals surface area contributed by atoms with E-state index >= 15 is 0 Å². The second kappa shape index (κ2) is 3.50. The fourth-order valence-corrected chi connectivity index (χ4v) is 1.79. The molecule has 14 heavy (non-hydrogen) atoms. The highest BCUT2D eigenvalue weighted by Gasteiger charge is 2.07. The Hall–Kier alpha value is -1.21. The van der Waals surface area contributed by atoms with E-state index in [0.717, 1.165) is 22.7 Å². The van der Waals surface area contributed by atoms with Gasteiger partial charge in [0.2, 0.25) is 0 Å². The molecule has 1 aliphatic carbocycles. The summed E-state index contributed by atoms with van der Waals surface area (Å²) in [4.78, 5) is 0. The van der Waals surface area contributed by atoms with Gasteiger partial charge in [-0.05, 0) is 35.8 Å². The molecule has 0 fully saturated rings. The second-order valence-corrected chi connectivity index (χ2v) is 3.98. The van der Waals surface area contributed by atoms with E-state index in [0.29, 0.717) is 0 Å². The topological polar surface area (TPSA) is 26.0 Å². The molecule has 1 nitrogen and oxygen atoms in total. The van der Waals surface area contributed by atoms with E-state index in [2.05, 4.69) is 12.1 Å². The van der Waals surface area contributed by atoms with Gasteiger partial charge in [-0.25, -0.2) is 0 Å². The summed E-state index contributed by atoms with van der Waals surface area (Å²) in [6, 6.07) is 4.10. The number of hydrogen-bond acceptors (Lipinski definition) is 1. The highest BCUT2D eigenvalue weighted by atomic mass is 35.5. The molecule has 72 valence electrons. The predicted molar refractivity (Wildman–Crippen MR) is 61.2 cm³/mol. The summed E-state index contributed by atoms with van der Waals surface area (Å²) in [6.45, 7) is 2.01. The van der Waals surface area contributed by atoms with Gasteiger partial charge in [0.05, 0.1) is 0 Å². The van der Waals surface area contributed by atoms with Crippen LogP contribution in [0.2, 0.25) is 5.02 Å². The number of fused-ring (bicyclic) bond motifs is 1. The quantitative estimate of drug-likeness (QED) is 0.692. The number of nitrogens with two attached hydrogens (primary N) is 1. The zero-order valence-corrected chi connectivity index (χ0v) is 8.81. The van der Waals surface area contributed by atoms with Crippen LogP contribution in [-0.4, -0.2) is 0 Å². The standard InChI is InChI=1S/C12H12ClN/c1-8-5-9-3-2-4-11(14)6-10(9)7-12(8)13/h2-5,7H,6,14H2,1H3. The lowest BCUT2D eigenvalue weighted by Crippen LogP contribution is -2.01. The number of rotatable bonds is 0. The summed E-state index contributed by atoms with van der Waals surface area (Å²) in [6.07, 6.45) is 6.76. The van der Waals surface area contributed by atoms with Crippen LogP contribution < -0.4 is 5.73 Å². The van der Waals surface area contributed by atoms with Gasteiger partial charge in [0.1, 0.15) is 0 Å². The third-order valence-electron chi connectivity index (χ3n) is 2.40. The van der Waals surface area contributed by atoms with Gasteiger partial charge < -0.3 is 5.73 Å². The molecule has 0 aliphatic heterocycles. The van der Waals surface area contributed by atoms with E-state index < -0.39 is 0 Å². The molecule has 0 atom stereocenters. The Morgan fingerprint density at radius 3 is 2.93 bits per heavy atom. The van der Waals surface area contributed by atoms with Gasteiger partial charge >= 0.3 is 0 Å². The van der Waals surface area contributed by atoms with Crippen molar-refractivity contribution >= 4 is 17.7 Å². The molecule has 1 aliphatic rings.